The maximum absolute atomic E-state index is 13.1. The molecule has 0 bridgehead atoms. The SMILES string of the molecule is CCCNCc1cc(F)ccc1SCCC. The van der Waals surface area contributed by atoms with Gasteiger partial charge < -0.3 is 5.32 Å². The minimum absolute atomic E-state index is 0.144. The zero-order valence-corrected chi connectivity index (χ0v) is 10.9. The molecule has 0 saturated heterocycles. The molecule has 0 aromatic heterocycles. The zero-order chi connectivity index (χ0) is 11.8. The molecular weight excluding hydrogens is 221 g/mol. The largest absolute Gasteiger partial charge is 0.313 e. The first-order valence-corrected chi connectivity index (χ1v) is 6.88. The molecule has 0 aliphatic heterocycles. The highest BCUT2D eigenvalue weighted by molar-refractivity contribution is 7.99. The molecule has 3 heteroatoms. The molecule has 0 aliphatic rings. The van der Waals surface area contributed by atoms with E-state index in [0.717, 1.165) is 37.2 Å². The zero-order valence-electron chi connectivity index (χ0n) is 10.1. The molecule has 0 fully saturated rings. The predicted octanol–water partition coefficient (Wildman–Crippen LogP) is 3.83. The average molecular weight is 241 g/mol. The fraction of sp³-hybridized carbons (Fsp3) is 0.538. The van der Waals surface area contributed by atoms with E-state index in [9.17, 15) is 4.39 Å². The van der Waals surface area contributed by atoms with E-state index in [1.807, 2.05) is 17.8 Å². The second-order valence-corrected chi connectivity index (χ2v) is 4.91. The van der Waals surface area contributed by atoms with Crippen LogP contribution in [-0.2, 0) is 6.54 Å². The van der Waals surface area contributed by atoms with Crippen molar-refractivity contribution in [2.75, 3.05) is 12.3 Å². The first-order chi connectivity index (χ1) is 7.77. The van der Waals surface area contributed by atoms with Crippen LogP contribution in [0.5, 0.6) is 0 Å². The summed E-state index contributed by atoms with van der Waals surface area (Å²) in [6.45, 7) is 6.03. The van der Waals surface area contributed by atoms with E-state index in [-0.39, 0.29) is 5.82 Å². The maximum atomic E-state index is 13.1. The van der Waals surface area contributed by atoms with Gasteiger partial charge in [-0.2, -0.15) is 0 Å². The van der Waals surface area contributed by atoms with Gasteiger partial charge in [-0.1, -0.05) is 13.8 Å². The Bertz CT molecular complexity index is 315. The van der Waals surface area contributed by atoms with Crippen LogP contribution in [0.4, 0.5) is 4.39 Å². The van der Waals surface area contributed by atoms with E-state index in [0.29, 0.717) is 0 Å². The van der Waals surface area contributed by atoms with Crippen molar-refractivity contribution < 1.29 is 4.39 Å². The fourth-order valence-electron chi connectivity index (χ4n) is 1.44. The summed E-state index contributed by atoms with van der Waals surface area (Å²) in [6, 6.07) is 5.07. The Balaban J connectivity index is 2.65. The third kappa shape index (κ3) is 4.54. The average Bonchev–Trinajstić information content (AvgIpc) is 2.28. The Kier molecular flexibility index (Phi) is 6.50. The standard InChI is InChI=1S/C13H20FNS/c1-3-7-15-10-11-9-12(14)5-6-13(11)16-8-4-2/h5-6,9,15H,3-4,7-8,10H2,1-2H3. The Morgan fingerprint density at radius 2 is 2.06 bits per heavy atom. The lowest BCUT2D eigenvalue weighted by atomic mass is 10.2. The number of hydrogen-bond acceptors (Lipinski definition) is 2. The van der Waals surface area contributed by atoms with Crippen molar-refractivity contribution in [3.63, 3.8) is 0 Å². The lowest BCUT2D eigenvalue weighted by Gasteiger charge is -2.09. The van der Waals surface area contributed by atoms with Crippen molar-refractivity contribution >= 4 is 11.8 Å². The normalized spacial score (nSPS) is 10.7. The Labute approximate surface area is 102 Å². The first-order valence-electron chi connectivity index (χ1n) is 5.89. The van der Waals surface area contributed by atoms with E-state index in [1.54, 1.807) is 12.1 Å². The Morgan fingerprint density at radius 1 is 1.25 bits per heavy atom. The van der Waals surface area contributed by atoms with Crippen LogP contribution >= 0.6 is 11.8 Å². The first kappa shape index (κ1) is 13.5. The van der Waals surface area contributed by atoms with Crippen molar-refractivity contribution in [3.8, 4) is 0 Å². The smallest absolute Gasteiger partial charge is 0.123 e. The summed E-state index contributed by atoms with van der Waals surface area (Å²) < 4.78 is 13.1. The van der Waals surface area contributed by atoms with Gasteiger partial charge in [-0.25, -0.2) is 4.39 Å². The van der Waals surface area contributed by atoms with Crippen LogP contribution in [-0.4, -0.2) is 12.3 Å². The molecule has 1 nitrogen and oxygen atoms in total. The molecule has 0 spiro atoms. The van der Waals surface area contributed by atoms with Gasteiger partial charge in [-0.05, 0) is 48.9 Å². The molecule has 1 rings (SSSR count). The summed E-state index contributed by atoms with van der Waals surface area (Å²) in [6.07, 6.45) is 2.25. The van der Waals surface area contributed by atoms with Gasteiger partial charge in [0.25, 0.3) is 0 Å². The minimum Gasteiger partial charge on any atom is -0.313 e. The minimum atomic E-state index is -0.144. The quantitative estimate of drug-likeness (QED) is 0.575. The summed E-state index contributed by atoms with van der Waals surface area (Å²) in [5.74, 6) is 0.945. The summed E-state index contributed by atoms with van der Waals surface area (Å²) in [7, 11) is 0. The summed E-state index contributed by atoms with van der Waals surface area (Å²) in [5.41, 5.74) is 1.08. The van der Waals surface area contributed by atoms with Gasteiger partial charge >= 0.3 is 0 Å². The number of nitrogens with one attached hydrogen (secondary N) is 1. The molecule has 1 aromatic carbocycles. The van der Waals surface area contributed by atoms with E-state index in [4.69, 9.17) is 0 Å². The van der Waals surface area contributed by atoms with Crippen molar-refractivity contribution in [2.24, 2.45) is 0 Å². The Morgan fingerprint density at radius 3 is 2.75 bits per heavy atom. The monoisotopic (exact) mass is 241 g/mol. The van der Waals surface area contributed by atoms with Crippen molar-refractivity contribution in [1.29, 1.82) is 0 Å². The topological polar surface area (TPSA) is 12.0 Å². The summed E-state index contributed by atoms with van der Waals surface area (Å²) >= 11 is 1.81. The van der Waals surface area contributed by atoms with Gasteiger partial charge in [0, 0.05) is 11.4 Å². The second kappa shape index (κ2) is 7.69. The van der Waals surface area contributed by atoms with E-state index in [2.05, 4.69) is 19.2 Å². The van der Waals surface area contributed by atoms with Crippen LogP contribution in [0.25, 0.3) is 0 Å². The fourth-order valence-corrected chi connectivity index (χ4v) is 2.34. The molecule has 0 amide bonds. The van der Waals surface area contributed by atoms with Crippen LogP contribution in [0.2, 0.25) is 0 Å². The molecule has 0 aliphatic carbocycles. The van der Waals surface area contributed by atoms with Crippen LogP contribution in [0.15, 0.2) is 23.1 Å². The highest BCUT2D eigenvalue weighted by atomic mass is 32.2. The second-order valence-electron chi connectivity index (χ2n) is 3.78. The van der Waals surface area contributed by atoms with Gasteiger partial charge in [0.15, 0.2) is 0 Å². The number of benzene rings is 1. The van der Waals surface area contributed by atoms with E-state index >= 15 is 0 Å². The molecule has 1 N–H and O–H groups in total. The molecule has 0 radical (unpaired) electrons. The van der Waals surface area contributed by atoms with E-state index in [1.165, 1.54) is 4.90 Å². The van der Waals surface area contributed by atoms with Crippen molar-refractivity contribution in [1.82, 2.24) is 5.32 Å². The van der Waals surface area contributed by atoms with Crippen molar-refractivity contribution in [2.45, 2.75) is 38.1 Å². The van der Waals surface area contributed by atoms with Gasteiger partial charge in [-0.15, -0.1) is 11.8 Å². The third-order valence-corrected chi connectivity index (χ3v) is 3.55. The Hall–Kier alpha value is -0.540. The van der Waals surface area contributed by atoms with Gasteiger partial charge in [0.05, 0.1) is 0 Å². The summed E-state index contributed by atoms with van der Waals surface area (Å²) in [4.78, 5) is 1.20. The van der Waals surface area contributed by atoms with Crippen LogP contribution < -0.4 is 5.32 Å². The van der Waals surface area contributed by atoms with Gasteiger partial charge in [-0.3, -0.25) is 0 Å². The highest BCUT2D eigenvalue weighted by Gasteiger charge is 2.04. The third-order valence-electron chi connectivity index (χ3n) is 2.23. The van der Waals surface area contributed by atoms with Crippen LogP contribution in [0.3, 0.4) is 0 Å². The molecular formula is C13H20FNS. The molecule has 0 saturated carbocycles. The molecule has 0 unspecified atom stereocenters. The predicted molar refractivity (Wildman–Crippen MR) is 69.4 cm³/mol. The number of rotatable bonds is 7. The number of hydrogen-bond donors (Lipinski definition) is 1. The molecule has 0 atom stereocenters. The van der Waals surface area contributed by atoms with Crippen LogP contribution in [0, 0.1) is 5.82 Å². The summed E-state index contributed by atoms with van der Waals surface area (Å²) in [5, 5.41) is 3.32. The van der Waals surface area contributed by atoms with E-state index < -0.39 is 0 Å². The number of thioether (sulfide) groups is 1. The van der Waals surface area contributed by atoms with Crippen LogP contribution in [0.1, 0.15) is 32.3 Å². The molecule has 16 heavy (non-hydrogen) atoms. The van der Waals surface area contributed by atoms with Gasteiger partial charge in [0.1, 0.15) is 5.82 Å². The molecule has 1 aromatic rings. The maximum Gasteiger partial charge on any atom is 0.123 e. The number of halogens is 1. The molecule has 0 heterocycles. The lowest BCUT2D eigenvalue weighted by molar-refractivity contribution is 0.615. The highest BCUT2D eigenvalue weighted by Crippen LogP contribution is 2.24. The lowest BCUT2D eigenvalue weighted by Crippen LogP contribution is -2.14. The molecule has 90 valence electrons. The van der Waals surface area contributed by atoms with Gasteiger partial charge in [0.2, 0.25) is 0 Å². The van der Waals surface area contributed by atoms with Crippen molar-refractivity contribution in [3.05, 3.63) is 29.6 Å².